The molecule has 0 unspecified atom stereocenters. The summed E-state index contributed by atoms with van der Waals surface area (Å²) in [5.74, 6) is 0. The minimum Gasteiger partial charge on any atom is -0.0998 e. The fourth-order valence-corrected chi connectivity index (χ4v) is 7.59. The molecule has 0 saturated carbocycles. The summed E-state index contributed by atoms with van der Waals surface area (Å²) < 4.78 is 0. The predicted octanol–water partition coefficient (Wildman–Crippen LogP) is 26.0. The van der Waals surface area contributed by atoms with Crippen LogP contribution in [-0.2, 0) is 0 Å². The lowest BCUT2D eigenvalue weighted by molar-refractivity contribution is 0.856. The molecule has 0 heteroatoms. The van der Waals surface area contributed by atoms with Gasteiger partial charge in [-0.15, -0.1) is 0 Å². The third-order valence-corrected chi connectivity index (χ3v) is 12.9. The van der Waals surface area contributed by atoms with Gasteiger partial charge in [-0.05, 0) is 258 Å². The zero-order valence-corrected chi connectivity index (χ0v) is 52.6. The molecular weight excluding hydrogens is 901 g/mol. The SMILES string of the molecule is C=C(/C=C/CCC(=C)CC/C=C(\C)CCC=C(C)C)CC/C=C(\C)CCC=C(C)C.C=C(C/C=C(\C)C(=C)CC/C=C(\C)CCC=C(C)C)CC/C=C(\C)CCC=C(C)C.C=CC(=C)CC/C=C(\C)CCC=C(C)C. The molecule has 0 rings (SSSR count). The molecular formula is C75H120. The smallest absolute Gasteiger partial charge is 0.0136 e. The predicted molar refractivity (Wildman–Crippen MR) is 351 cm³/mol. The van der Waals surface area contributed by atoms with Crippen molar-refractivity contribution in [2.24, 2.45) is 0 Å². The Balaban J connectivity index is -0.00000110. The van der Waals surface area contributed by atoms with Crippen LogP contribution in [0.4, 0.5) is 0 Å². The Morgan fingerprint density at radius 2 is 0.560 bits per heavy atom. The van der Waals surface area contributed by atoms with Crippen molar-refractivity contribution in [1.82, 2.24) is 0 Å². The third kappa shape index (κ3) is 58.4. The van der Waals surface area contributed by atoms with Crippen molar-refractivity contribution >= 4 is 0 Å². The molecule has 0 aliphatic carbocycles. The monoisotopic (exact) mass is 1020 g/mol. The van der Waals surface area contributed by atoms with Gasteiger partial charge < -0.3 is 0 Å². The highest BCUT2D eigenvalue weighted by Gasteiger charge is 2.00. The lowest BCUT2D eigenvalue weighted by Gasteiger charge is -2.07. The maximum atomic E-state index is 4.29. The first-order valence-electron chi connectivity index (χ1n) is 29.2. The highest BCUT2D eigenvalue weighted by atomic mass is 14.1. The molecule has 0 aliphatic heterocycles. The summed E-state index contributed by atoms with van der Waals surface area (Å²) in [4.78, 5) is 0. The van der Waals surface area contributed by atoms with Crippen LogP contribution in [0.3, 0.4) is 0 Å². The quantitative estimate of drug-likeness (QED) is 0.0427. The highest BCUT2D eigenvalue weighted by molar-refractivity contribution is 5.28. The number of hydrogen-bond donors (Lipinski definition) is 0. The standard InChI is InChI=1S/2C30H48.C15H24/c1-24(2)14-10-16-26(5)18-12-19-28(7)22-23-30(9)29(8)21-13-20-27(6)17-11-15-25(3)4;1-25(2)15-11-19-29(7)23-13-21-27(5)17-9-10-18-28(6)22-14-24-30(8)20-12-16-26(3)4;1-6-14(4)10-8-12-15(5)11-7-9-13(2)3/h14-15,18,20,23H,7-8,10-13,16-17,19,21-22H2,1-6,9H3;9,15-17,23-24H,5-6,10-14,18-22H2,1-4,7-8H3;6,9,12H,1,4,7-8,10-11H2,2-3,5H3/b26-18+,27-20+,30-23+;17-9+,29-23+,30-24+;15-12+. The number of rotatable bonds is 38. The molecule has 0 amide bonds. The van der Waals surface area contributed by atoms with E-state index in [-0.39, 0.29) is 0 Å². The molecule has 0 heterocycles. The van der Waals surface area contributed by atoms with Gasteiger partial charge in [0.1, 0.15) is 0 Å². The van der Waals surface area contributed by atoms with Gasteiger partial charge in [0.15, 0.2) is 0 Å². The molecule has 0 spiro atoms. The van der Waals surface area contributed by atoms with Gasteiger partial charge in [0, 0.05) is 0 Å². The molecule has 0 N–H and O–H groups in total. The van der Waals surface area contributed by atoms with E-state index in [9.17, 15) is 0 Å². The fourth-order valence-electron chi connectivity index (χ4n) is 7.59. The van der Waals surface area contributed by atoms with Gasteiger partial charge in [0.2, 0.25) is 0 Å². The maximum absolute atomic E-state index is 4.29. The molecule has 0 aliphatic rings. The summed E-state index contributed by atoms with van der Waals surface area (Å²) in [6.07, 6.45) is 57.5. The number of allylic oxidation sites excluding steroid dienone is 30. The first-order valence-corrected chi connectivity index (χ1v) is 29.2. The van der Waals surface area contributed by atoms with Gasteiger partial charge in [-0.25, -0.2) is 0 Å². The lowest BCUT2D eigenvalue weighted by atomic mass is 9.99. The topological polar surface area (TPSA) is 0 Å². The van der Waals surface area contributed by atoms with Gasteiger partial charge in [0.05, 0.1) is 0 Å². The first-order chi connectivity index (χ1) is 35.4. The molecule has 0 aromatic carbocycles. The normalized spacial score (nSPS) is 12.1. The summed E-state index contributed by atoms with van der Waals surface area (Å²) >= 11 is 0. The van der Waals surface area contributed by atoms with Crippen molar-refractivity contribution in [3.8, 4) is 0 Å². The molecule has 420 valence electrons. The molecule has 0 nitrogen and oxygen atoms in total. The molecule has 0 aromatic heterocycles. The van der Waals surface area contributed by atoms with E-state index in [1.54, 1.807) is 0 Å². The largest absolute Gasteiger partial charge is 0.0998 e. The van der Waals surface area contributed by atoms with Crippen LogP contribution in [0.15, 0.2) is 214 Å². The minimum absolute atomic E-state index is 0.965. The Bertz CT molecular complexity index is 2040. The summed E-state index contributed by atoms with van der Waals surface area (Å²) in [5, 5.41) is 0. The van der Waals surface area contributed by atoms with Crippen molar-refractivity contribution in [3.05, 3.63) is 214 Å². The van der Waals surface area contributed by atoms with Crippen LogP contribution in [0.25, 0.3) is 0 Å². The first kappa shape index (κ1) is 74.6. The minimum atomic E-state index is 0.965. The fraction of sp³-hybridized carbons (Fsp3) is 0.520. The van der Waals surface area contributed by atoms with Crippen molar-refractivity contribution in [2.45, 2.75) is 258 Å². The molecule has 0 aromatic rings. The Morgan fingerprint density at radius 1 is 0.280 bits per heavy atom. The van der Waals surface area contributed by atoms with Gasteiger partial charge in [-0.1, -0.05) is 214 Å². The second-order valence-electron chi connectivity index (χ2n) is 22.7. The molecule has 0 radical (unpaired) electrons. The van der Waals surface area contributed by atoms with Crippen molar-refractivity contribution in [1.29, 1.82) is 0 Å². The van der Waals surface area contributed by atoms with E-state index < -0.39 is 0 Å². The molecule has 75 heavy (non-hydrogen) atoms. The second kappa shape index (κ2) is 50.2. The zero-order valence-electron chi connectivity index (χ0n) is 52.6. The van der Waals surface area contributed by atoms with E-state index in [2.05, 4.69) is 229 Å². The molecule has 0 saturated heterocycles. The Labute approximate surface area is 469 Å². The van der Waals surface area contributed by atoms with Crippen LogP contribution in [-0.4, -0.2) is 0 Å². The Hall–Kier alpha value is -4.68. The van der Waals surface area contributed by atoms with E-state index in [1.165, 1.54) is 109 Å². The van der Waals surface area contributed by atoms with Crippen LogP contribution >= 0.6 is 0 Å². The van der Waals surface area contributed by atoms with E-state index >= 15 is 0 Å². The van der Waals surface area contributed by atoms with Gasteiger partial charge in [0.25, 0.3) is 0 Å². The summed E-state index contributed by atoms with van der Waals surface area (Å²) in [7, 11) is 0. The van der Waals surface area contributed by atoms with Gasteiger partial charge >= 0.3 is 0 Å². The summed E-state index contributed by atoms with van der Waals surface area (Å²) in [5.41, 5.74) is 22.1. The lowest BCUT2D eigenvalue weighted by Crippen LogP contribution is -1.87. The Morgan fingerprint density at radius 3 is 0.893 bits per heavy atom. The second-order valence-corrected chi connectivity index (χ2v) is 22.7. The van der Waals surface area contributed by atoms with Crippen LogP contribution in [0.5, 0.6) is 0 Å². The van der Waals surface area contributed by atoms with Crippen molar-refractivity contribution in [2.75, 3.05) is 0 Å². The number of hydrogen-bond acceptors (Lipinski definition) is 0. The summed E-state index contributed by atoms with van der Waals surface area (Å²) in [6.45, 7) is 59.6. The zero-order chi connectivity index (χ0) is 57.4. The van der Waals surface area contributed by atoms with E-state index in [0.717, 1.165) is 128 Å². The molecule has 0 atom stereocenters. The third-order valence-electron chi connectivity index (χ3n) is 12.9. The molecule has 0 bridgehead atoms. The average molecular weight is 1020 g/mol. The van der Waals surface area contributed by atoms with Gasteiger partial charge in [-0.3, -0.25) is 0 Å². The Kier molecular flexibility index (Phi) is 49.9. The van der Waals surface area contributed by atoms with Crippen LogP contribution in [0.2, 0.25) is 0 Å². The van der Waals surface area contributed by atoms with E-state index in [0.29, 0.717) is 0 Å². The summed E-state index contributed by atoms with van der Waals surface area (Å²) in [6, 6.07) is 0. The van der Waals surface area contributed by atoms with E-state index in [4.69, 9.17) is 0 Å². The van der Waals surface area contributed by atoms with Crippen LogP contribution in [0, 0.1) is 0 Å². The van der Waals surface area contributed by atoms with Gasteiger partial charge in [-0.2, -0.15) is 0 Å². The van der Waals surface area contributed by atoms with Crippen LogP contribution in [0.1, 0.15) is 258 Å². The highest BCUT2D eigenvalue weighted by Crippen LogP contribution is 2.21. The van der Waals surface area contributed by atoms with Crippen molar-refractivity contribution in [3.63, 3.8) is 0 Å². The van der Waals surface area contributed by atoms with Crippen molar-refractivity contribution < 1.29 is 0 Å². The molecule has 0 fully saturated rings. The van der Waals surface area contributed by atoms with E-state index in [1.807, 2.05) is 6.08 Å². The van der Waals surface area contributed by atoms with Crippen LogP contribution < -0.4 is 0 Å². The average Bonchev–Trinajstić information content (AvgIpc) is 3.31. The maximum Gasteiger partial charge on any atom is -0.0136 e.